The fourth-order valence-electron chi connectivity index (χ4n) is 3.04. The summed E-state index contributed by atoms with van der Waals surface area (Å²) >= 11 is 5.26. The Morgan fingerprint density at radius 2 is 1.79 bits per heavy atom. The SMILES string of the molecule is COc1ccc(OC)c(/C=C2\C(=O)NC(=S)N(c3ccc(C)cc3C)C2=O)c1. The van der Waals surface area contributed by atoms with Gasteiger partial charge in [0.15, 0.2) is 5.11 Å². The first-order chi connectivity index (χ1) is 13.3. The molecule has 2 amide bonds. The van der Waals surface area contributed by atoms with Crippen LogP contribution in [0, 0.1) is 13.8 Å². The number of carbonyl (C=O) groups is 2. The lowest BCUT2D eigenvalue weighted by molar-refractivity contribution is -0.122. The van der Waals surface area contributed by atoms with Crippen LogP contribution in [0.15, 0.2) is 42.0 Å². The van der Waals surface area contributed by atoms with Crippen molar-refractivity contribution >= 4 is 40.9 Å². The number of amides is 2. The molecule has 0 aliphatic carbocycles. The number of thiocarbonyl (C=S) groups is 1. The lowest BCUT2D eigenvalue weighted by Gasteiger charge is -2.30. The van der Waals surface area contributed by atoms with Gasteiger partial charge < -0.3 is 9.47 Å². The molecular weight excluding hydrogens is 376 g/mol. The van der Waals surface area contributed by atoms with Gasteiger partial charge >= 0.3 is 0 Å². The zero-order valence-corrected chi connectivity index (χ0v) is 16.8. The molecule has 6 nitrogen and oxygen atoms in total. The first kappa shape index (κ1) is 19.6. The number of ether oxygens (including phenoxy) is 2. The number of methoxy groups -OCH3 is 2. The first-order valence-electron chi connectivity index (χ1n) is 8.56. The third-order valence-electron chi connectivity index (χ3n) is 4.43. The Balaban J connectivity index is 2.09. The summed E-state index contributed by atoms with van der Waals surface area (Å²) in [7, 11) is 3.06. The number of hydrogen-bond donors (Lipinski definition) is 1. The van der Waals surface area contributed by atoms with E-state index in [1.807, 2.05) is 32.0 Å². The maximum absolute atomic E-state index is 13.2. The summed E-state index contributed by atoms with van der Waals surface area (Å²) < 4.78 is 10.6. The minimum absolute atomic E-state index is 0.0415. The average Bonchev–Trinajstić information content (AvgIpc) is 2.66. The van der Waals surface area contributed by atoms with E-state index in [9.17, 15) is 9.59 Å². The van der Waals surface area contributed by atoms with Crippen molar-refractivity contribution in [3.05, 3.63) is 58.7 Å². The van der Waals surface area contributed by atoms with E-state index in [4.69, 9.17) is 21.7 Å². The Labute approximate surface area is 168 Å². The normalized spacial score (nSPS) is 15.6. The quantitative estimate of drug-likeness (QED) is 0.489. The second-order valence-electron chi connectivity index (χ2n) is 6.36. The van der Waals surface area contributed by atoms with Crippen LogP contribution < -0.4 is 19.7 Å². The highest BCUT2D eigenvalue weighted by Crippen LogP contribution is 2.29. The smallest absolute Gasteiger partial charge is 0.270 e. The molecule has 144 valence electrons. The van der Waals surface area contributed by atoms with Crippen molar-refractivity contribution < 1.29 is 19.1 Å². The molecule has 0 unspecified atom stereocenters. The molecule has 2 aromatic rings. The van der Waals surface area contributed by atoms with Gasteiger partial charge in [-0.1, -0.05) is 17.7 Å². The van der Waals surface area contributed by atoms with Gasteiger partial charge in [-0.05, 0) is 62.0 Å². The van der Waals surface area contributed by atoms with Gasteiger partial charge in [-0.3, -0.25) is 19.8 Å². The van der Waals surface area contributed by atoms with Crippen LogP contribution in [0.25, 0.3) is 6.08 Å². The number of benzene rings is 2. The molecule has 2 aromatic carbocycles. The molecule has 1 aliphatic rings. The molecule has 28 heavy (non-hydrogen) atoms. The summed E-state index contributed by atoms with van der Waals surface area (Å²) in [5.41, 5.74) is 3.08. The highest BCUT2D eigenvalue weighted by atomic mass is 32.1. The van der Waals surface area contributed by atoms with E-state index in [-0.39, 0.29) is 10.7 Å². The molecule has 0 bridgehead atoms. The maximum Gasteiger partial charge on any atom is 0.270 e. The standard InChI is InChI=1S/C21H20N2O4S/c1-12-5-7-17(13(2)9-12)23-20(25)16(19(24)22-21(23)28)11-14-10-15(26-3)6-8-18(14)27-4/h5-11H,1-4H3,(H,22,24,28)/b16-11+. The lowest BCUT2D eigenvalue weighted by Crippen LogP contribution is -2.54. The molecule has 1 N–H and O–H groups in total. The van der Waals surface area contributed by atoms with Crippen LogP contribution in [0.4, 0.5) is 5.69 Å². The summed E-state index contributed by atoms with van der Waals surface area (Å²) in [4.78, 5) is 27.0. The van der Waals surface area contributed by atoms with Crippen LogP contribution >= 0.6 is 12.2 Å². The molecule has 1 aliphatic heterocycles. The molecule has 0 spiro atoms. The average molecular weight is 396 g/mol. The molecule has 1 fully saturated rings. The van der Waals surface area contributed by atoms with E-state index >= 15 is 0 Å². The van der Waals surface area contributed by atoms with E-state index in [0.717, 1.165) is 11.1 Å². The number of nitrogens with zero attached hydrogens (tertiary/aromatic N) is 1. The van der Waals surface area contributed by atoms with Crippen molar-refractivity contribution in [1.82, 2.24) is 5.32 Å². The molecule has 3 rings (SSSR count). The summed E-state index contributed by atoms with van der Waals surface area (Å²) in [6.07, 6.45) is 1.48. The van der Waals surface area contributed by atoms with Crippen LogP contribution in [0.5, 0.6) is 11.5 Å². The highest BCUT2D eigenvalue weighted by molar-refractivity contribution is 7.80. The van der Waals surface area contributed by atoms with Crippen molar-refractivity contribution in [3.63, 3.8) is 0 Å². The number of nitrogens with one attached hydrogen (secondary N) is 1. The summed E-state index contributed by atoms with van der Waals surface area (Å²) in [6, 6.07) is 10.8. The van der Waals surface area contributed by atoms with Crippen molar-refractivity contribution in [1.29, 1.82) is 0 Å². The van der Waals surface area contributed by atoms with E-state index in [1.165, 1.54) is 25.2 Å². The molecule has 0 atom stereocenters. The third-order valence-corrected chi connectivity index (χ3v) is 4.72. The van der Waals surface area contributed by atoms with E-state index < -0.39 is 11.8 Å². The van der Waals surface area contributed by atoms with Gasteiger partial charge in [-0.2, -0.15) is 0 Å². The minimum Gasteiger partial charge on any atom is -0.497 e. The lowest BCUT2D eigenvalue weighted by atomic mass is 10.0. The number of aryl methyl sites for hydroxylation is 2. The fraction of sp³-hybridized carbons (Fsp3) is 0.190. The minimum atomic E-state index is -0.555. The predicted octanol–water partition coefficient (Wildman–Crippen LogP) is 3.15. The number of rotatable bonds is 4. The van der Waals surface area contributed by atoms with Gasteiger partial charge in [0.25, 0.3) is 11.8 Å². The monoisotopic (exact) mass is 396 g/mol. The third kappa shape index (κ3) is 3.61. The van der Waals surface area contributed by atoms with Gasteiger partial charge in [0.05, 0.1) is 19.9 Å². The highest BCUT2D eigenvalue weighted by Gasteiger charge is 2.35. The second-order valence-corrected chi connectivity index (χ2v) is 6.74. The first-order valence-corrected chi connectivity index (χ1v) is 8.97. The van der Waals surface area contributed by atoms with Crippen LogP contribution in [-0.2, 0) is 9.59 Å². The van der Waals surface area contributed by atoms with Crippen molar-refractivity contribution in [2.24, 2.45) is 0 Å². The molecule has 7 heteroatoms. The number of hydrogen-bond acceptors (Lipinski definition) is 5. The molecule has 0 radical (unpaired) electrons. The zero-order valence-electron chi connectivity index (χ0n) is 16.0. The topological polar surface area (TPSA) is 67.9 Å². The second kappa shape index (κ2) is 7.82. The van der Waals surface area contributed by atoms with E-state index in [0.29, 0.717) is 22.7 Å². The maximum atomic E-state index is 13.2. The van der Waals surface area contributed by atoms with Crippen molar-refractivity contribution in [2.45, 2.75) is 13.8 Å². The number of carbonyl (C=O) groups excluding carboxylic acids is 2. The Morgan fingerprint density at radius 1 is 1.04 bits per heavy atom. The van der Waals surface area contributed by atoms with Crippen LogP contribution in [0.1, 0.15) is 16.7 Å². The zero-order chi connectivity index (χ0) is 20.4. The van der Waals surface area contributed by atoms with Gasteiger partial charge in [-0.15, -0.1) is 0 Å². The van der Waals surface area contributed by atoms with Crippen LogP contribution in [0.2, 0.25) is 0 Å². The van der Waals surface area contributed by atoms with Gasteiger partial charge in [0.2, 0.25) is 0 Å². The summed E-state index contributed by atoms with van der Waals surface area (Å²) in [5, 5.41) is 2.65. The van der Waals surface area contributed by atoms with Gasteiger partial charge in [0, 0.05) is 5.56 Å². The molecule has 0 saturated carbocycles. The number of anilines is 1. The van der Waals surface area contributed by atoms with Crippen molar-refractivity contribution in [3.8, 4) is 11.5 Å². The van der Waals surface area contributed by atoms with Gasteiger partial charge in [-0.25, -0.2) is 0 Å². The Morgan fingerprint density at radius 3 is 2.43 bits per heavy atom. The van der Waals surface area contributed by atoms with Crippen LogP contribution in [0.3, 0.4) is 0 Å². The molecule has 0 aromatic heterocycles. The Hall–Kier alpha value is -3.19. The van der Waals surface area contributed by atoms with Gasteiger partial charge in [0.1, 0.15) is 17.1 Å². The van der Waals surface area contributed by atoms with E-state index in [1.54, 1.807) is 18.2 Å². The van der Waals surface area contributed by atoms with E-state index in [2.05, 4.69) is 5.32 Å². The van der Waals surface area contributed by atoms with Crippen LogP contribution in [-0.4, -0.2) is 31.1 Å². The molecular formula is C21H20N2O4S. The molecule has 1 saturated heterocycles. The predicted molar refractivity (Wildman–Crippen MR) is 112 cm³/mol. The fourth-order valence-corrected chi connectivity index (χ4v) is 3.31. The largest absolute Gasteiger partial charge is 0.497 e. The van der Waals surface area contributed by atoms with Crippen molar-refractivity contribution in [2.75, 3.05) is 19.1 Å². The summed E-state index contributed by atoms with van der Waals surface area (Å²) in [5.74, 6) is 0.0460. The molecule has 1 heterocycles. The Kier molecular flexibility index (Phi) is 5.46. The summed E-state index contributed by atoms with van der Waals surface area (Å²) in [6.45, 7) is 3.86. The Bertz CT molecular complexity index is 1010.